The molecule has 28 heavy (non-hydrogen) atoms. The summed E-state index contributed by atoms with van der Waals surface area (Å²) < 4.78 is 6.02. The van der Waals surface area contributed by atoms with Gasteiger partial charge in [0, 0.05) is 12.1 Å². The molecule has 1 amide bonds. The second kappa shape index (κ2) is 7.97. The Morgan fingerprint density at radius 1 is 1.25 bits per heavy atom. The van der Waals surface area contributed by atoms with Crippen LogP contribution in [0.1, 0.15) is 48.5 Å². The van der Waals surface area contributed by atoms with E-state index >= 15 is 0 Å². The maximum Gasteiger partial charge on any atom is 0.288 e. The fourth-order valence-electron chi connectivity index (χ4n) is 3.58. The van der Waals surface area contributed by atoms with Crippen molar-refractivity contribution in [1.29, 1.82) is 0 Å². The first kappa shape index (κ1) is 21.0. The van der Waals surface area contributed by atoms with Gasteiger partial charge in [-0.3, -0.25) is 14.5 Å². The second-order valence-electron chi connectivity index (χ2n) is 6.78. The molecule has 1 aromatic carbocycles. The van der Waals surface area contributed by atoms with Crippen molar-refractivity contribution in [3.05, 3.63) is 44.9 Å². The molecule has 1 spiro atoms. The monoisotopic (exact) mass is 443 g/mol. The SMILES string of the molecule is C=CCN1C(=O)C(Cl)=C(Cl)C12Oc1c(cc(Cl)c(O)c1CCCCCC)C2=O. The Labute approximate surface area is 178 Å². The molecule has 1 aromatic rings. The first-order valence-electron chi connectivity index (χ1n) is 9.07. The van der Waals surface area contributed by atoms with Crippen LogP contribution in [0.4, 0.5) is 0 Å². The molecule has 150 valence electrons. The van der Waals surface area contributed by atoms with Crippen LogP contribution in [0.3, 0.4) is 0 Å². The standard InChI is InChI=1S/C20H20Cl3NO4/c1-3-5-6-7-8-11-15(25)13(21)10-12-16(11)28-20(18(12)26)17(23)14(22)19(27)24(20)9-4-2/h4,10,25H,2-3,5-9H2,1H3. The van der Waals surface area contributed by atoms with E-state index in [1.54, 1.807) is 0 Å². The Hall–Kier alpha value is -1.69. The van der Waals surface area contributed by atoms with Crippen molar-refractivity contribution in [2.45, 2.75) is 44.8 Å². The highest BCUT2D eigenvalue weighted by molar-refractivity contribution is 6.51. The molecule has 3 rings (SSSR count). The number of carbonyl (C=O) groups excluding carboxylic acids is 2. The van der Waals surface area contributed by atoms with E-state index in [0.717, 1.165) is 30.6 Å². The van der Waals surface area contributed by atoms with E-state index in [0.29, 0.717) is 12.0 Å². The van der Waals surface area contributed by atoms with Gasteiger partial charge in [0.25, 0.3) is 11.6 Å². The number of hydrogen-bond acceptors (Lipinski definition) is 4. The van der Waals surface area contributed by atoms with Gasteiger partial charge in [-0.15, -0.1) is 6.58 Å². The first-order chi connectivity index (χ1) is 13.3. The van der Waals surface area contributed by atoms with Crippen LogP contribution in [-0.4, -0.2) is 34.0 Å². The lowest BCUT2D eigenvalue weighted by Gasteiger charge is -2.32. The number of hydrogen-bond donors (Lipinski definition) is 1. The van der Waals surface area contributed by atoms with Crippen molar-refractivity contribution >= 4 is 46.5 Å². The summed E-state index contributed by atoms with van der Waals surface area (Å²) in [6.45, 7) is 5.73. The predicted molar refractivity (Wildman–Crippen MR) is 109 cm³/mol. The van der Waals surface area contributed by atoms with Crippen molar-refractivity contribution in [3.63, 3.8) is 0 Å². The van der Waals surface area contributed by atoms with Gasteiger partial charge in [0.2, 0.25) is 5.78 Å². The zero-order valence-corrected chi connectivity index (χ0v) is 17.6. The minimum Gasteiger partial charge on any atom is -0.506 e. The van der Waals surface area contributed by atoms with Crippen molar-refractivity contribution in [1.82, 2.24) is 4.90 Å². The Morgan fingerprint density at radius 2 is 1.96 bits per heavy atom. The number of amides is 1. The fraction of sp³-hybridized carbons (Fsp3) is 0.400. The average Bonchev–Trinajstić information content (AvgIpc) is 3.05. The zero-order chi connectivity index (χ0) is 20.6. The molecule has 0 bridgehead atoms. The number of aromatic hydroxyl groups is 1. The van der Waals surface area contributed by atoms with Crippen molar-refractivity contribution < 1.29 is 19.4 Å². The minimum atomic E-state index is -1.89. The summed E-state index contributed by atoms with van der Waals surface area (Å²) in [5, 5.41) is 10.1. The number of halogens is 3. The molecule has 1 N–H and O–H groups in total. The molecule has 0 saturated heterocycles. The molecule has 0 radical (unpaired) electrons. The second-order valence-corrected chi connectivity index (χ2v) is 7.94. The molecule has 0 fully saturated rings. The Kier molecular flexibility index (Phi) is 5.99. The highest BCUT2D eigenvalue weighted by atomic mass is 35.5. The van der Waals surface area contributed by atoms with Crippen molar-refractivity contribution in [2.24, 2.45) is 0 Å². The molecule has 2 aliphatic heterocycles. The number of unbranched alkanes of at least 4 members (excludes halogenated alkanes) is 3. The average molecular weight is 445 g/mol. The fourth-order valence-corrected chi connectivity index (χ4v) is 4.34. The van der Waals surface area contributed by atoms with Gasteiger partial charge in [-0.05, 0) is 18.9 Å². The number of ketones is 1. The molecule has 1 unspecified atom stereocenters. The predicted octanol–water partition coefficient (Wildman–Crippen LogP) is 5.16. The van der Waals surface area contributed by atoms with Crippen LogP contribution >= 0.6 is 34.8 Å². The summed E-state index contributed by atoms with van der Waals surface area (Å²) in [6, 6.07) is 1.34. The van der Waals surface area contributed by atoms with E-state index in [9.17, 15) is 14.7 Å². The maximum atomic E-state index is 13.3. The van der Waals surface area contributed by atoms with Crippen LogP contribution in [0, 0.1) is 0 Å². The van der Waals surface area contributed by atoms with E-state index in [1.165, 1.54) is 12.1 Å². The molecule has 0 aromatic heterocycles. The van der Waals surface area contributed by atoms with Crippen LogP contribution < -0.4 is 4.74 Å². The smallest absolute Gasteiger partial charge is 0.288 e. The molecule has 0 saturated carbocycles. The van der Waals surface area contributed by atoms with Gasteiger partial charge < -0.3 is 9.84 Å². The third kappa shape index (κ3) is 3.00. The summed E-state index contributed by atoms with van der Waals surface area (Å²) in [7, 11) is 0. The quantitative estimate of drug-likeness (QED) is 0.466. The number of phenols is 1. The zero-order valence-electron chi connectivity index (χ0n) is 15.4. The summed E-state index contributed by atoms with van der Waals surface area (Å²) >= 11 is 18.5. The molecule has 5 nitrogen and oxygen atoms in total. The van der Waals surface area contributed by atoms with Gasteiger partial charge in [-0.2, -0.15) is 0 Å². The van der Waals surface area contributed by atoms with E-state index in [-0.39, 0.29) is 38.7 Å². The maximum absolute atomic E-state index is 13.3. The van der Waals surface area contributed by atoms with Gasteiger partial charge in [0.15, 0.2) is 0 Å². The molecule has 0 aliphatic carbocycles. The highest BCUT2D eigenvalue weighted by Crippen LogP contribution is 2.52. The van der Waals surface area contributed by atoms with Gasteiger partial charge >= 0.3 is 0 Å². The van der Waals surface area contributed by atoms with Crippen molar-refractivity contribution in [3.8, 4) is 11.5 Å². The Morgan fingerprint density at radius 3 is 2.61 bits per heavy atom. The number of fused-ring (bicyclic) bond motifs is 1. The lowest BCUT2D eigenvalue weighted by atomic mass is 9.98. The number of carbonyl (C=O) groups is 2. The van der Waals surface area contributed by atoms with E-state index < -0.39 is 17.4 Å². The number of benzene rings is 1. The van der Waals surface area contributed by atoms with Crippen molar-refractivity contribution in [2.75, 3.05) is 6.54 Å². The Balaban J connectivity index is 2.09. The van der Waals surface area contributed by atoms with Crippen LogP contribution in [0.25, 0.3) is 0 Å². The van der Waals surface area contributed by atoms with Crippen LogP contribution in [0.15, 0.2) is 28.8 Å². The van der Waals surface area contributed by atoms with Crippen LogP contribution in [0.2, 0.25) is 5.02 Å². The van der Waals surface area contributed by atoms with Gasteiger partial charge in [-0.1, -0.05) is 67.1 Å². The van der Waals surface area contributed by atoms with Crippen LogP contribution in [-0.2, 0) is 11.2 Å². The number of ether oxygens (including phenoxy) is 1. The first-order valence-corrected chi connectivity index (χ1v) is 10.2. The minimum absolute atomic E-state index is 0.0105. The third-order valence-electron chi connectivity index (χ3n) is 5.00. The van der Waals surface area contributed by atoms with Gasteiger partial charge in [0.1, 0.15) is 21.6 Å². The molecule has 8 heteroatoms. The van der Waals surface area contributed by atoms with E-state index in [2.05, 4.69) is 13.5 Å². The van der Waals surface area contributed by atoms with E-state index in [4.69, 9.17) is 39.5 Å². The number of phenolic OH excluding ortho intramolecular Hbond substituents is 1. The molecule has 2 aliphatic rings. The van der Waals surface area contributed by atoms with E-state index in [1.807, 2.05) is 0 Å². The van der Waals surface area contributed by atoms with Gasteiger partial charge in [0.05, 0.1) is 10.6 Å². The summed E-state index contributed by atoms with van der Waals surface area (Å²) in [5.74, 6) is -1.11. The lowest BCUT2D eigenvalue weighted by molar-refractivity contribution is -0.133. The molecule has 2 heterocycles. The summed E-state index contributed by atoms with van der Waals surface area (Å²) in [4.78, 5) is 27.0. The normalized spacial score (nSPS) is 20.9. The van der Waals surface area contributed by atoms with Crippen LogP contribution in [0.5, 0.6) is 11.5 Å². The number of Topliss-reactive ketones (excluding diaryl/α,β-unsaturated/α-hetero) is 1. The number of nitrogens with zero attached hydrogens (tertiary/aromatic N) is 1. The topological polar surface area (TPSA) is 66.8 Å². The Bertz CT molecular complexity index is 896. The largest absolute Gasteiger partial charge is 0.506 e. The molecular formula is C20H20Cl3NO4. The lowest BCUT2D eigenvalue weighted by Crippen LogP contribution is -2.55. The van der Waals surface area contributed by atoms with Gasteiger partial charge in [-0.25, -0.2) is 0 Å². The molecule has 1 atom stereocenters. The summed E-state index contributed by atoms with van der Waals surface area (Å²) in [5.41, 5.74) is -1.29. The number of rotatable bonds is 7. The highest BCUT2D eigenvalue weighted by Gasteiger charge is 2.62. The third-order valence-corrected chi connectivity index (χ3v) is 6.18. The molecular weight excluding hydrogens is 425 g/mol. The summed E-state index contributed by atoms with van der Waals surface area (Å²) in [6.07, 6.45) is 5.80.